The molecule has 1 saturated heterocycles. The molecule has 2 fully saturated rings. The highest BCUT2D eigenvalue weighted by molar-refractivity contribution is 5.65. The molecule has 174 valence electrons. The van der Waals surface area contributed by atoms with Crippen molar-refractivity contribution in [2.75, 3.05) is 13.2 Å². The molecule has 2 aliphatic rings. The number of rotatable bonds is 5. The Hall–Kier alpha value is -1.96. The van der Waals surface area contributed by atoms with Crippen molar-refractivity contribution in [3.8, 4) is 11.1 Å². The molecule has 1 aliphatic heterocycles. The molecule has 0 bridgehead atoms. The van der Waals surface area contributed by atoms with E-state index in [1.54, 1.807) is 6.07 Å². The molecule has 32 heavy (non-hydrogen) atoms. The minimum Gasteiger partial charge on any atom is -0.385 e. The van der Waals surface area contributed by atoms with Crippen molar-refractivity contribution in [3.63, 3.8) is 0 Å². The second-order valence-electron chi connectivity index (χ2n) is 9.01. The van der Waals surface area contributed by atoms with Crippen molar-refractivity contribution in [3.05, 3.63) is 59.2 Å². The first-order valence-corrected chi connectivity index (χ1v) is 11.2. The van der Waals surface area contributed by atoms with Crippen molar-refractivity contribution in [2.45, 2.75) is 57.3 Å². The van der Waals surface area contributed by atoms with Crippen molar-refractivity contribution >= 4 is 0 Å². The van der Waals surface area contributed by atoms with Gasteiger partial charge in [0.25, 0.3) is 0 Å². The summed E-state index contributed by atoms with van der Waals surface area (Å²) in [5.74, 6) is -4.48. The molecule has 1 aliphatic carbocycles. The van der Waals surface area contributed by atoms with Gasteiger partial charge < -0.3 is 14.6 Å². The van der Waals surface area contributed by atoms with Crippen molar-refractivity contribution in [1.29, 1.82) is 0 Å². The van der Waals surface area contributed by atoms with Gasteiger partial charge in [0, 0.05) is 17.4 Å². The van der Waals surface area contributed by atoms with Crippen LogP contribution in [0.1, 0.15) is 51.0 Å². The van der Waals surface area contributed by atoms with E-state index in [1.165, 1.54) is 12.1 Å². The quantitative estimate of drug-likeness (QED) is 0.442. The predicted octanol–water partition coefficient (Wildman–Crippen LogP) is 6.08. The molecule has 1 saturated carbocycles. The van der Waals surface area contributed by atoms with Crippen LogP contribution in [0.2, 0.25) is 0 Å². The lowest BCUT2D eigenvalue weighted by Crippen LogP contribution is -2.41. The Morgan fingerprint density at radius 2 is 1.56 bits per heavy atom. The molecular formula is C25H28F4O3. The lowest BCUT2D eigenvalue weighted by atomic mass is 9.74. The van der Waals surface area contributed by atoms with E-state index in [0.29, 0.717) is 50.4 Å². The maximum Gasteiger partial charge on any atom is 0.194 e. The molecule has 1 heterocycles. The summed E-state index contributed by atoms with van der Waals surface area (Å²) in [5, 5.41) is 11.2. The Morgan fingerprint density at radius 1 is 0.938 bits per heavy atom. The number of ether oxygens (including phenoxy) is 2. The van der Waals surface area contributed by atoms with Gasteiger partial charge >= 0.3 is 0 Å². The van der Waals surface area contributed by atoms with E-state index in [4.69, 9.17) is 9.47 Å². The van der Waals surface area contributed by atoms with Gasteiger partial charge in [0.2, 0.25) is 0 Å². The molecule has 0 aromatic heterocycles. The highest BCUT2D eigenvalue weighted by Crippen LogP contribution is 2.43. The first-order valence-electron chi connectivity index (χ1n) is 11.2. The Kier molecular flexibility index (Phi) is 6.89. The minimum absolute atomic E-state index is 0.0607. The first-order chi connectivity index (χ1) is 15.3. The number of aliphatic hydroxyl groups is 1. The zero-order valence-corrected chi connectivity index (χ0v) is 18.1. The Balaban J connectivity index is 1.43. The second kappa shape index (κ2) is 9.49. The second-order valence-corrected chi connectivity index (χ2v) is 9.01. The average Bonchev–Trinajstić information content (AvgIpc) is 2.78. The summed E-state index contributed by atoms with van der Waals surface area (Å²) >= 11 is 0. The molecular weight excluding hydrogens is 424 g/mol. The van der Waals surface area contributed by atoms with Gasteiger partial charge in [-0.05, 0) is 61.4 Å². The SMILES string of the molecule is CCCC1COC(C2CCC(O)(c3ccc(-c4cc(F)c(F)c(F)c4)c(F)c3)CC2)OC1. The van der Waals surface area contributed by atoms with Gasteiger partial charge in [-0.1, -0.05) is 25.5 Å². The minimum atomic E-state index is -1.59. The Bertz CT molecular complexity index is 925. The van der Waals surface area contributed by atoms with Gasteiger partial charge in [-0.15, -0.1) is 0 Å². The fourth-order valence-corrected chi connectivity index (χ4v) is 4.83. The molecule has 3 nitrogen and oxygen atoms in total. The van der Waals surface area contributed by atoms with E-state index in [0.717, 1.165) is 25.0 Å². The monoisotopic (exact) mass is 452 g/mol. The predicted molar refractivity (Wildman–Crippen MR) is 112 cm³/mol. The van der Waals surface area contributed by atoms with Gasteiger partial charge in [0.15, 0.2) is 23.7 Å². The first kappa shape index (κ1) is 23.2. The van der Waals surface area contributed by atoms with Crippen LogP contribution in [0.4, 0.5) is 17.6 Å². The van der Waals surface area contributed by atoms with E-state index in [1.807, 2.05) is 0 Å². The molecule has 7 heteroatoms. The van der Waals surface area contributed by atoms with Gasteiger partial charge in [-0.25, -0.2) is 17.6 Å². The highest BCUT2D eigenvalue weighted by atomic mass is 19.2. The lowest BCUT2D eigenvalue weighted by Gasteiger charge is -2.41. The Morgan fingerprint density at radius 3 is 2.12 bits per heavy atom. The molecule has 2 aromatic rings. The summed E-state index contributed by atoms with van der Waals surface area (Å²) in [6.45, 7) is 3.52. The van der Waals surface area contributed by atoms with E-state index in [9.17, 15) is 22.7 Å². The summed E-state index contributed by atoms with van der Waals surface area (Å²) in [4.78, 5) is 0. The van der Waals surface area contributed by atoms with Crippen molar-refractivity contribution in [2.24, 2.45) is 11.8 Å². The molecule has 0 radical (unpaired) electrons. The van der Waals surface area contributed by atoms with Gasteiger partial charge in [0.05, 0.1) is 18.8 Å². The van der Waals surface area contributed by atoms with Crippen LogP contribution in [0.15, 0.2) is 30.3 Å². The number of hydrogen-bond donors (Lipinski definition) is 1. The van der Waals surface area contributed by atoms with E-state index in [-0.39, 0.29) is 23.3 Å². The van der Waals surface area contributed by atoms with Crippen LogP contribution in [-0.4, -0.2) is 24.6 Å². The number of halogens is 4. The molecule has 0 atom stereocenters. The van der Waals surface area contributed by atoms with Crippen LogP contribution in [-0.2, 0) is 15.1 Å². The summed E-state index contributed by atoms with van der Waals surface area (Å²) in [6, 6.07) is 5.62. The number of hydrogen-bond acceptors (Lipinski definition) is 3. The topological polar surface area (TPSA) is 38.7 Å². The van der Waals surface area contributed by atoms with E-state index >= 15 is 0 Å². The third-order valence-corrected chi connectivity index (χ3v) is 6.73. The van der Waals surface area contributed by atoms with Crippen LogP contribution in [0.25, 0.3) is 11.1 Å². The summed E-state index contributed by atoms with van der Waals surface area (Å²) in [6.07, 6.45) is 4.12. The molecule has 1 N–H and O–H groups in total. The highest BCUT2D eigenvalue weighted by Gasteiger charge is 2.39. The summed E-state index contributed by atoms with van der Waals surface area (Å²) < 4.78 is 66.9. The molecule has 4 rings (SSSR count). The maximum atomic E-state index is 14.8. The third kappa shape index (κ3) is 4.70. The van der Waals surface area contributed by atoms with Gasteiger partial charge in [-0.2, -0.15) is 0 Å². The molecule has 0 spiro atoms. The zero-order chi connectivity index (χ0) is 22.9. The van der Waals surface area contributed by atoms with Crippen LogP contribution >= 0.6 is 0 Å². The van der Waals surface area contributed by atoms with Crippen LogP contribution in [0.5, 0.6) is 0 Å². The van der Waals surface area contributed by atoms with Gasteiger partial charge in [-0.3, -0.25) is 0 Å². The average molecular weight is 452 g/mol. The molecule has 2 aromatic carbocycles. The normalized spacial score (nSPS) is 28.6. The van der Waals surface area contributed by atoms with E-state index in [2.05, 4.69) is 6.92 Å². The standard InChI is InChI=1S/C25H28F4O3/c1-2-3-15-13-31-24(32-14-15)16-6-8-25(30,9-7-16)18-4-5-19(20(26)12-18)17-10-21(27)23(29)22(28)11-17/h4-5,10-12,15-16,24,30H,2-3,6-9,13-14H2,1H3. The zero-order valence-electron chi connectivity index (χ0n) is 18.1. The third-order valence-electron chi connectivity index (χ3n) is 6.73. The van der Waals surface area contributed by atoms with Crippen molar-refractivity contribution < 1.29 is 32.1 Å². The summed E-state index contributed by atoms with van der Waals surface area (Å²) in [5.41, 5.74) is -0.952. The van der Waals surface area contributed by atoms with Crippen LogP contribution < -0.4 is 0 Å². The smallest absolute Gasteiger partial charge is 0.194 e. The molecule has 0 unspecified atom stereocenters. The van der Waals surface area contributed by atoms with Gasteiger partial charge in [0.1, 0.15) is 5.82 Å². The van der Waals surface area contributed by atoms with Crippen LogP contribution in [0.3, 0.4) is 0 Å². The Labute approximate surface area is 185 Å². The largest absolute Gasteiger partial charge is 0.385 e. The molecule has 0 amide bonds. The van der Waals surface area contributed by atoms with E-state index < -0.39 is 28.9 Å². The van der Waals surface area contributed by atoms with Crippen molar-refractivity contribution in [1.82, 2.24) is 0 Å². The lowest BCUT2D eigenvalue weighted by molar-refractivity contribution is -0.233. The van der Waals surface area contributed by atoms with Crippen LogP contribution in [0, 0.1) is 35.1 Å². The fraction of sp³-hybridized carbons (Fsp3) is 0.520. The summed E-state index contributed by atoms with van der Waals surface area (Å²) in [7, 11) is 0. The maximum absolute atomic E-state index is 14.8. The number of benzene rings is 2. The fourth-order valence-electron chi connectivity index (χ4n) is 4.83.